The Morgan fingerprint density at radius 2 is 1.69 bits per heavy atom. The van der Waals surface area contributed by atoms with Gasteiger partial charge in [0.2, 0.25) is 10.0 Å². The van der Waals surface area contributed by atoms with E-state index in [-0.39, 0.29) is 40.2 Å². The van der Waals surface area contributed by atoms with E-state index < -0.39 is 35.7 Å². The molecule has 0 bridgehead atoms. The largest absolute Gasteiger partial charge is 0.496 e. The standard InChI is InChI=1S/C15H21NO7S3/c1-23-15-3-2-13(8-14(15)11-4-6-24(17,18)9-11)26(21,22)16-12-5-7-25(19,20)10-12/h2-3,8,11-12,16H,4-7,9-10H2,1H3. The van der Waals surface area contributed by atoms with Gasteiger partial charge in [-0.1, -0.05) is 0 Å². The third kappa shape index (κ3) is 4.21. The maximum Gasteiger partial charge on any atom is 0.240 e. The van der Waals surface area contributed by atoms with Crippen LogP contribution in [0.4, 0.5) is 0 Å². The monoisotopic (exact) mass is 423 g/mol. The van der Waals surface area contributed by atoms with Crippen molar-refractivity contribution in [3.8, 4) is 5.75 Å². The van der Waals surface area contributed by atoms with Gasteiger partial charge in [-0.05, 0) is 36.6 Å². The zero-order chi connectivity index (χ0) is 19.2. The molecule has 1 aromatic rings. The van der Waals surface area contributed by atoms with Crippen LogP contribution in [-0.4, -0.2) is 61.4 Å². The summed E-state index contributed by atoms with van der Waals surface area (Å²) in [5.41, 5.74) is 0.537. The van der Waals surface area contributed by atoms with Gasteiger partial charge in [-0.3, -0.25) is 0 Å². The van der Waals surface area contributed by atoms with Gasteiger partial charge in [0.05, 0.1) is 35.0 Å². The van der Waals surface area contributed by atoms with Crippen LogP contribution in [0.3, 0.4) is 0 Å². The number of sulfone groups is 2. The quantitative estimate of drug-likeness (QED) is 0.710. The minimum absolute atomic E-state index is 0.0260. The molecule has 1 N–H and O–H groups in total. The molecule has 8 nitrogen and oxygen atoms in total. The van der Waals surface area contributed by atoms with Gasteiger partial charge in [-0.25, -0.2) is 30.0 Å². The molecule has 2 saturated heterocycles. The molecule has 2 fully saturated rings. The molecule has 0 radical (unpaired) electrons. The van der Waals surface area contributed by atoms with Crippen molar-refractivity contribution in [2.45, 2.75) is 29.7 Å². The third-order valence-electron chi connectivity index (χ3n) is 4.74. The predicted molar refractivity (Wildman–Crippen MR) is 96.4 cm³/mol. The van der Waals surface area contributed by atoms with Crippen molar-refractivity contribution in [2.24, 2.45) is 0 Å². The second-order valence-corrected chi connectivity index (χ2v) is 12.9. The summed E-state index contributed by atoms with van der Waals surface area (Å²) >= 11 is 0. The minimum Gasteiger partial charge on any atom is -0.496 e. The van der Waals surface area contributed by atoms with Gasteiger partial charge < -0.3 is 4.74 Å². The van der Waals surface area contributed by atoms with Crippen LogP contribution in [0.1, 0.15) is 24.3 Å². The number of hydrogen-bond acceptors (Lipinski definition) is 7. The Morgan fingerprint density at radius 1 is 1.04 bits per heavy atom. The molecule has 0 amide bonds. The molecular weight excluding hydrogens is 402 g/mol. The zero-order valence-corrected chi connectivity index (χ0v) is 16.7. The van der Waals surface area contributed by atoms with E-state index in [2.05, 4.69) is 4.72 Å². The zero-order valence-electron chi connectivity index (χ0n) is 14.2. The molecule has 2 unspecified atom stereocenters. The molecule has 1 aromatic carbocycles. The van der Waals surface area contributed by atoms with Crippen LogP contribution in [0.5, 0.6) is 5.75 Å². The van der Waals surface area contributed by atoms with Crippen LogP contribution in [0.25, 0.3) is 0 Å². The molecule has 0 aromatic heterocycles. The summed E-state index contributed by atoms with van der Waals surface area (Å²) in [5.74, 6) is -0.104. The predicted octanol–water partition coefficient (Wildman–Crippen LogP) is 0.0627. The number of rotatable bonds is 5. The first kappa shape index (κ1) is 19.6. The van der Waals surface area contributed by atoms with Crippen LogP contribution in [0, 0.1) is 0 Å². The first-order valence-corrected chi connectivity index (χ1v) is 13.2. The molecule has 0 spiro atoms. The topological polar surface area (TPSA) is 124 Å². The van der Waals surface area contributed by atoms with E-state index in [1.807, 2.05) is 0 Å². The summed E-state index contributed by atoms with van der Waals surface area (Å²) in [6.45, 7) is 0. The fraction of sp³-hybridized carbons (Fsp3) is 0.600. The second kappa shape index (κ2) is 6.77. The number of sulfonamides is 1. The normalized spacial score (nSPS) is 27.4. The molecule has 0 saturated carbocycles. The number of hydrogen-bond donors (Lipinski definition) is 1. The fourth-order valence-electron chi connectivity index (χ4n) is 3.41. The van der Waals surface area contributed by atoms with Crippen molar-refractivity contribution >= 4 is 29.7 Å². The summed E-state index contributed by atoms with van der Waals surface area (Å²) in [6.07, 6.45) is 0.655. The van der Waals surface area contributed by atoms with E-state index in [1.54, 1.807) is 0 Å². The number of benzene rings is 1. The lowest BCUT2D eigenvalue weighted by molar-refractivity contribution is 0.406. The second-order valence-electron chi connectivity index (χ2n) is 6.72. The average Bonchev–Trinajstić information content (AvgIpc) is 3.07. The Balaban J connectivity index is 1.89. The molecule has 11 heteroatoms. The van der Waals surface area contributed by atoms with Crippen molar-refractivity contribution in [1.29, 1.82) is 0 Å². The maximum absolute atomic E-state index is 12.6. The van der Waals surface area contributed by atoms with Crippen LogP contribution in [0.2, 0.25) is 0 Å². The van der Waals surface area contributed by atoms with E-state index in [0.29, 0.717) is 17.7 Å². The summed E-state index contributed by atoms with van der Waals surface area (Å²) in [6, 6.07) is 3.65. The summed E-state index contributed by atoms with van der Waals surface area (Å²) in [5, 5.41) is 0. The first-order chi connectivity index (χ1) is 12.0. The van der Waals surface area contributed by atoms with Crippen molar-refractivity contribution in [1.82, 2.24) is 4.72 Å². The van der Waals surface area contributed by atoms with Crippen molar-refractivity contribution in [2.75, 3.05) is 30.1 Å². The van der Waals surface area contributed by atoms with Gasteiger partial charge in [-0.2, -0.15) is 0 Å². The number of ether oxygens (including phenoxy) is 1. The highest BCUT2D eigenvalue weighted by molar-refractivity contribution is 7.92. The molecule has 26 heavy (non-hydrogen) atoms. The minimum atomic E-state index is -3.92. The summed E-state index contributed by atoms with van der Waals surface area (Å²) in [7, 11) is -8.82. The van der Waals surface area contributed by atoms with Gasteiger partial charge >= 0.3 is 0 Å². The van der Waals surface area contributed by atoms with Gasteiger partial charge in [-0.15, -0.1) is 0 Å². The molecular formula is C15H21NO7S3. The van der Waals surface area contributed by atoms with E-state index in [0.717, 1.165) is 0 Å². The van der Waals surface area contributed by atoms with Crippen molar-refractivity contribution in [3.05, 3.63) is 23.8 Å². The third-order valence-corrected chi connectivity index (χ3v) is 9.79. The fourth-order valence-corrected chi connectivity index (χ4v) is 8.27. The number of methoxy groups -OCH3 is 1. The lowest BCUT2D eigenvalue weighted by Gasteiger charge is -2.17. The maximum atomic E-state index is 12.6. The van der Waals surface area contributed by atoms with E-state index in [9.17, 15) is 25.3 Å². The first-order valence-electron chi connectivity index (χ1n) is 8.12. The van der Waals surface area contributed by atoms with E-state index >= 15 is 0 Å². The Bertz CT molecular complexity index is 1010. The molecule has 2 aliphatic rings. The van der Waals surface area contributed by atoms with Crippen molar-refractivity contribution < 1.29 is 30.0 Å². The number of nitrogens with one attached hydrogen (secondary N) is 1. The van der Waals surface area contributed by atoms with E-state index in [4.69, 9.17) is 4.74 Å². The van der Waals surface area contributed by atoms with Crippen LogP contribution >= 0.6 is 0 Å². The average molecular weight is 424 g/mol. The van der Waals surface area contributed by atoms with Crippen molar-refractivity contribution in [3.63, 3.8) is 0 Å². The molecule has 3 rings (SSSR count). The summed E-state index contributed by atoms with van der Waals surface area (Å²) in [4.78, 5) is -0.0260. The van der Waals surface area contributed by atoms with Gasteiger partial charge in [0.15, 0.2) is 19.7 Å². The Morgan fingerprint density at radius 3 is 2.23 bits per heavy atom. The smallest absolute Gasteiger partial charge is 0.240 e. The molecule has 0 aliphatic carbocycles. The van der Waals surface area contributed by atoms with Crippen LogP contribution < -0.4 is 9.46 Å². The van der Waals surface area contributed by atoms with E-state index in [1.165, 1.54) is 25.3 Å². The highest BCUT2D eigenvalue weighted by atomic mass is 32.2. The SMILES string of the molecule is COc1ccc(S(=O)(=O)NC2CCS(=O)(=O)C2)cc1C1CCS(=O)(=O)C1. The van der Waals surface area contributed by atoms with Crippen LogP contribution in [-0.2, 0) is 29.7 Å². The Labute approximate surface area is 153 Å². The molecule has 146 valence electrons. The Hall–Kier alpha value is -1.17. The lowest BCUT2D eigenvalue weighted by atomic mass is 9.98. The van der Waals surface area contributed by atoms with Gasteiger partial charge in [0.25, 0.3) is 0 Å². The molecule has 2 aliphatic heterocycles. The van der Waals surface area contributed by atoms with Crippen LogP contribution in [0.15, 0.2) is 23.1 Å². The van der Waals surface area contributed by atoms with Gasteiger partial charge in [0, 0.05) is 12.0 Å². The molecule has 2 heterocycles. The highest BCUT2D eigenvalue weighted by Gasteiger charge is 2.34. The summed E-state index contributed by atoms with van der Waals surface area (Å²) < 4.78 is 79.5. The Kier molecular flexibility index (Phi) is 5.10. The molecule has 2 atom stereocenters. The van der Waals surface area contributed by atoms with Gasteiger partial charge in [0.1, 0.15) is 5.75 Å². The highest BCUT2D eigenvalue weighted by Crippen LogP contribution is 2.36. The lowest BCUT2D eigenvalue weighted by Crippen LogP contribution is -2.35.